The van der Waals surface area contributed by atoms with E-state index in [9.17, 15) is 19.2 Å². The molecule has 1 saturated heterocycles. The van der Waals surface area contributed by atoms with Crippen LogP contribution in [-0.4, -0.2) is 110 Å². The number of carbonyl (C=O) groups is 4. The lowest BCUT2D eigenvalue weighted by Gasteiger charge is -2.44. The van der Waals surface area contributed by atoms with Crippen LogP contribution in [0.5, 0.6) is 0 Å². The molecule has 11 heteroatoms. The molecule has 2 fully saturated rings. The second-order valence-electron chi connectivity index (χ2n) is 15.9. The molecule has 282 valence electrons. The van der Waals surface area contributed by atoms with E-state index in [0.29, 0.717) is 13.1 Å². The van der Waals surface area contributed by atoms with Gasteiger partial charge in [-0.1, -0.05) is 71.4 Å². The van der Waals surface area contributed by atoms with Crippen LogP contribution < -0.4 is 16.4 Å². The van der Waals surface area contributed by atoms with Crippen LogP contribution in [0.1, 0.15) is 92.6 Å². The summed E-state index contributed by atoms with van der Waals surface area (Å²) in [4.78, 5) is 57.3. The van der Waals surface area contributed by atoms with Gasteiger partial charge in [-0.05, 0) is 64.0 Å². The molecule has 1 aliphatic heterocycles. The summed E-state index contributed by atoms with van der Waals surface area (Å²) in [6.07, 6.45) is 4.46. The van der Waals surface area contributed by atoms with Gasteiger partial charge in [-0.15, -0.1) is 0 Å². The van der Waals surface area contributed by atoms with Crippen LogP contribution in [0, 0.1) is 17.8 Å². The van der Waals surface area contributed by atoms with Crippen LogP contribution in [0.3, 0.4) is 0 Å². The van der Waals surface area contributed by atoms with Crippen molar-refractivity contribution in [2.24, 2.45) is 23.5 Å². The molecule has 0 unspecified atom stereocenters. The van der Waals surface area contributed by atoms with Gasteiger partial charge in [0.15, 0.2) is 0 Å². The number of benzene rings is 1. The van der Waals surface area contributed by atoms with Gasteiger partial charge in [-0.3, -0.25) is 19.3 Å². The molecular weight excluding hydrogens is 634 g/mol. The number of nitrogens with two attached hydrogens (primary N) is 1. The van der Waals surface area contributed by atoms with Crippen molar-refractivity contribution >= 4 is 24.0 Å². The molecule has 0 radical (unpaired) electrons. The third-order valence-corrected chi connectivity index (χ3v) is 11.5. The highest BCUT2D eigenvalue weighted by Crippen LogP contribution is 2.47. The number of methoxy groups -OCH3 is 2. The van der Waals surface area contributed by atoms with Crippen LogP contribution in [0.25, 0.3) is 0 Å². The summed E-state index contributed by atoms with van der Waals surface area (Å²) >= 11 is 0. The minimum Gasteiger partial charge on any atom is -0.379 e. The molecule has 50 heavy (non-hydrogen) atoms. The second kappa shape index (κ2) is 17.6. The van der Waals surface area contributed by atoms with E-state index >= 15 is 0 Å². The minimum absolute atomic E-state index is 0.00376. The quantitative estimate of drug-likeness (QED) is 0.175. The number of likely N-dealkylation sites (N-methyl/N-ethyl adjacent to an activating group) is 1. The van der Waals surface area contributed by atoms with Crippen molar-refractivity contribution in [1.82, 2.24) is 20.4 Å². The van der Waals surface area contributed by atoms with Crippen molar-refractivity contribution in [2.75, 3.05) is 40.9 Å². The van der Waals surface area contributed by atoms with Gasteiger partial charge in [-0.25, -0.2) is 0 Å². The smallest absolute Gasteiger partial charge is 0.240 e. The fraction of sp³-hybridized carbons (Fsp3) is 0.744. The van der Waals surface area contributed by atoms with E-state index in [1.54, 1.807) is 28.1 Å². The van der Waals surface area contributed by atoms with Crippen LogP contribution in [0.2, 0.25) is 0 Å². The summed E-state index contributed by atoms with van der Waals surface area (Å²) in [5.41, 5.74) is 4.98. The molecule has 11 nitrogen and oxygen atoms in total. The van der Waals surface area contributed by atoms with Crippen LogP contribution in [0.15, 0.2) is 30.3 Å². The van der Waals surface area contributed by atoms with Crippen LogP contribution in [-0.2, 0) is 34.1 Å². The molecule has 7 atom stereocenters. The summed E-state index contributed by atoms with van der Waals surface area (Å²) < 4.78 is 12.0. The fourth-order valence-electron chi connectivity index (χ4n) is 7.63. The lowest BCUT2D eigenvalue weighted by molar-refractivity contribution is -0.143. The van der Waals surface area contributed by atoms with Gasteiger partial charge in [0.25, 0.3) is 0 Å². The van der Waals surface area contributed by atoms with Gasteiger partial charge >= 0.3 is 0 Å². The second-order valence-corrected chi connectivity index (χ2v) is 15.9. The third-order valence-electron chi connectivity index (χ3n) is 11.5. The number of nitrogens with zero attached hydrogens (tertiary/aromatic N) is 2. The molecule has 3 amide bonds. The number of amides is 3. The van der Waals surface area contributed by atoms with Crippen molar-refractivity contribution in [3.05, 3.63) is 35.9 Å². The van der Waals surface area contributed by atoms with E-state index in [1.165, 1.54) is 5.56 Å². The summed E-state index contributed by atoms with van der Waals surface area (Å²) in [6, 6.07) is 9.86. The third kappa shape index (κ3) is 9.72. The average molecular weight is 700 g/mol. The maximum absolute atomic E-state index is 14.1. The first-order valence-corrected chi connectivity index (χ1v) is 18.5. The van der Waals surface area contributed by atoms with Crippen molar-refractivity contribution in [1.29, 1.82) is 0 Å². The molecule has 0 bridgehead atoms. The number of hydrogen-bond donors (Lipinski definition) is 3. The lowest BCUT2D eigenvalue weighted by Crippen LogP contribution is -2.66. The van der Waals surface area contributed by atoms with Gasteiger partial charge in [0.2, 0.25) is 17.7 Å². The van der Waals surface area contributed by atoms with Crippen molar-refractivity contribution in [2.45, 2.75) is 128 Å². The van der Waals surface area contributed by atoms with Gasteiger partial charge in [0.05, 0.1) is 36.1 Å². The van der Waals surface area contributed by atoms with E-state index in [-0.39, 0.29) is 54.1 Å². The average Bonchev–Trinajstić information content (AvgIpc) is 3.73. The van der Waals surface area contributed by atoms with E-state index in [2.05, 4.69) is 36.6 Å². The zero-order valence-electron chi connectivity index (χ0n) is 32.3. The normalized spacial score (nSPS) is 21.5. The van der Waals surface area contributed by atoms with Gasteiger partial charge in [-0.2, -0.15) is 0 Å². The molecule has 3 rings (SSSR count). The van der Waals surface area contributed by atoms with Gasteiger partial charge in [0, 0.05) is 45.3 Å². The Morgan fingerprint density at radius 1 is 1.10 bits per heavy atom. The maximum atomic E-state index is 14.1. The number of aldehydes is 1. The van der Waals surface area contributed by atoms with Crippen LogP contribution >= 0.6 is 0 Å². The molecule has 0 spiro atoms. The van der Waals surface area contributed by atoms with Crippen molar-refractivity contribution < 1.29 is 28.7 Å². The predicted octanol–water partition coefficient (Wildman–Crippen LogP) is 3.68. The highest BCUT2D eigenvalue weighted by atomic mass is 16.5. The van der Waals surface area contributed by atoms with E-state index in [0.717, 1.165) is 38.4 Å². The topological polar surface area (TPSA) is 143 Å². The number of hydrogen-bond acceptors (Lipinski definition) is 8. The maximum Gasteiger partial charge on any atom is 0.240 e. The Kier molecular flexibility index (Phi) is 14.6. The molecule has 0 aromatic heterocycles. The minimum atomic E-state index is -1.20. The Hall–Kier alpha value is -2.86. The Morgan fingerprint density at radius 3 is 2.24 bits per heavy atom. The van der Waals surface area contributed by atoms with E-state index < -0.39 is 35.1 Å². The number of likely N-dealkylation sites (tertiary alicyclic amines) is 1. The fourth-order valence-corrected chi connectivity index (χ4v) is 7.63. The van der Waals surface area contributed by atoms with Crippen LogP contribution in [0.4, 0.5) is 0 Å². The van der Waals surface area contributed by atoms with E-state index in [4.69, 9.17) is 15.2 Å². The molecule has 4 N–H and O–H groups in total. The monoisotopic (exact) mass is 699 g/mol. The Balaban J connectivity index is 1.75. The summed E-state index contributed by atoms with van der Waals surface area (Å²) in [5.74, 6) is -1.11. The molecule has 1 aromatic carbocycles. The molecule has 1 heterocycles. The molecule has 2 aliphatic rings. The Morgan fingerprint density at radius 2 is 1.74 bits per heavy atom. The molecule has 1 aromatic rings. The lowest BCUT2D eigenvalue weighted by atomic mass is 9.84. The number of nitrogens with one attached hydrogen (secondary N) is 2. The first kappa shape index (κ1) is 41.6. The highest BCUT2D eigenvalue weighted by molar-refractivity contribution is 5.89. The number of carbonyl (C=O) groups excluding carboxylic acids is 4. The largest absolute Gasteiger partial charge is 0.379 e. The SMILES string of the molecule is CC[C@H](C)[C@@H]([C@@H](CC(=O)N1CCC[C@H]1[C@H](OC)[C@@H](C)C(=O)NCC1(c2ccccc2)CC1)OC)N(C)C[C@](C=O)(NC(=O)C(C)(C)N)C(C)C. The Labute approximate surface area is 300 Å². The van der Waals surface area contributed by atoms with Gasteiger partial charge < -0.3 is 35.5 Å². The molecule has 1 aliphatic carbocycles. The predicted molar refractivity (Wildman–Crippen MR) is 196 cm³/mol. The molecule has 1 saturated carbocycles. The first-order chi connectivity index (χ1) is 23.5. The van der Waals surface area contributed by atoms with Crippen molar-refractivity contribution in [3.63, 3.8) is 0 Å². The zero-order chi connectivity index (χ0) is 37.4. The number of ether oxygens (including phenoxy) is 2. The Bertz CT molecular complexity index is 1280. The van der Waals surface area contributed by atoms with E-state index in [1.807, 2.05) is 55.8 Å². The molecular formula is C39H65N5O6. The van der Waals surface area contributed by atoms with Gasteiger partial charge in [0.1, 0.15) is 11.8 Å². The highest BCUT2D eigenvalue weighted by Gasteiger charge is 2.46. The standard InChI is InChI=1S/C39H65N5O6/c1-11-27(4)33(43(8)24-39(25-45,26(2)3)42-36(48)37(6,7)40)31(49-9)22-32(46)44-21-15-18-30(44)34(50-10)28(5)35(47)41-23-38(19-20-38)29-16-13-12-14-17-29/h12-14,16-17,25-28,30-31,33-34H,11,15,18-24,40H2,1-10H3,(H,41,47)(H,42,48)/t27-,28+,30-,31+,33-,34+,39+/m0/s1. The number of rotatable bonds is 20. The van der Waals surface area contributed by atoms with Crippen molar-refractivity contribution in [3.8, 4) is 0 Å². The summed E-state index contributed by atoms with van der Waals surface area (Å²) in [6.45, 7) is 14.5. The summed E-state index contributed by atoms with van der Waals surface area (Å²) in [5, 5.41) is 6.14. The summed E-state index contributed by atoms with van der Waals surface area (Å²) in [7, 11) is 5.15. The first-order valence-electron chi connectivity index (χ1n) is 18.5. The zero-order valence-corrected chi connectivity index (χ0v) is 32.3.